The van der Waals surface area contributed by atoms with E-state index in [1.165, 1.54) is 10.5 Å². The van der Waals surface area contributed by atoms with Crippen molar-refractivity contribution in [3.63, 3.8) is 0 Å². The second-order valence-corrected chi connectivity index (χ2v) is 4.72. The van der Waals surface area contributed by atoms with Gasteiger partial charge in [0.2, 0.25) is 0 Å². The van der Waals surface area contributed by atoms with Crippen LogP contribution in [0.25, 0.3) is 0 Å². The fourth-order valence-electron chi connectivity index (χ4n) is 1.73. The van der Waals surface area contributed by atoms with Gasteiger partial charge in [0.25, 0.3) is 0 Å². The van der Waals surface area contributed by atoms with Crippen molar-refractivity contribution < 1.29 is 9.47 Å². The van der Waals surface area contributed by atoms with E-state index in [9.17, 15) is 0 Å². The summed E-state index contributed by atoms with van der Waals surface area (Å²) in [7, 11) is 3.31. The summed E-state index contributed by atoms with van der Waals surface area (Å²) < 4.78 is 10.7. The lowest BCUT2D eigenvalue weighted by atomic mass is 10.2. The third kappa shape index (κ3) is 4.70. The number of thioether (sulfide) groups is 1. The van der Waals surface area contributed by atoms with Gasteiger partial charge < -0.3 is 14.8 Å². The maximum atomic E-state index is 5.34. The Hall–Kier alpha value is -1.31. The molecule has 1 aromatic rings. The van der Waals surface area contributed by atoms with Gasteiger partial charge in [0, 0.05) is 24.4 Å². The number of hydrogen-bond acceptors (Lipinski definition) is 4. The van der Waals surface area contributed by atoms with Crippen LogP contribution in [0.15, 0.2) is 17.0 Å². The Kier molecular flexibility index (Phi) is 7.24. The summed E-state index contributed by atoms with van der Waals surface area (Å²) in [5.74, 6) is 7.47. The molecular formula is C15H21NO2S. The Balaban J connectivity index is 2.76. The fourth-order valence-corrected chi connectivity index (χ4v) is 2.35. The van der Waals surface area contributed by atoms with Crippen molar-refractivity contribution in [2.75, 3.05) is 27.0 Å². The van der Waals surface area contributed by atoms with Gasteiger partial charge in [-0.3, -0.25) is 0 Å². The van der Waals surface area contributed by atoms with E-state index < -0.39 is 0 Å². The Morgan fingerprint density at radius 1 is 1.21 bits per heavy atom. The van der Waals surface area contributed by atoms with Gasteiger partial charge >= 0.3 is 0 Å². The molecular weight excluding hydrogens is 258 g/mol. The Bertz CT molecular complexity index is 463. The summed E-state index contributed by atoms with van der Waals surface area (Å²) in [5.41, 5.74) is 1.22. The summed E-state index contributed by atoms with van der Waals surface area (Å²) in [6.45, 7) is 3.56. The summed E-state index contributed by atoms with van der Waals surface area (Å²) in [4.78, 5) is 1.20. The van der Waals surface area contributed by atoms with E-state index in [2.05, 4.69) is 23.4 Å². The largest absolute Gasteiger partial charge is 0.493 e. The third-order valence-electron chi connectivity index (χ3n) is 2.71. The number of benzene rings is 1. The lowest BCUT2D eigenvalue weighted by Gasteiger charge is -2.14. The van der Waals surface area contributed by atoms with Crippen LogP contribution in [-0.4, -0.2) is 27.0 Å². The van der Waals surface area contributed by atoms with Gasteiger partial charge in [0.1, 0.15) is 0 Å². The standard InChI is InChI=1S/C15H21NO2S/c1-5-6-7-8-16-11-12-9-13(17-2)14(18-3)10-15(12)19-4/h9-10,16H,7-8,11H2,1-4H3. The molecule has 1 N–H and O–H groups in total. The number of ether oxygens (including phenoxy) is 2. The van der Waals surface area contributed by atoms with E-state index in [0.29, 0.717) is 0 Å². The molecule has 0 heterocycles. The van der Waals surface area contributed by atoms with Crippen LogP contribution >= 0.6 is 11.8 Å². The molecule has 1 aromatic carbocycles. The third-order valence-corrected chi connectivity index (χ3v) is 3.53. The maximum Gasteiger partial charge on any atom is 0.161 e. The van der Waals surface area contributed by atoms with Gasteiger partial charge in [-0.05, 0) is 30.9 Å². The topological polar surface area (TPSA) is 30.5 Å². The van der Waals surface area contributed by atoms with E-state index in [0.717, 1.165) is 31.0 Å². The molecule has 0 aliphatic rings. The molecule has 0 spiro atoms. The minimum absolute atomic E-state index is 0.769. The summed E-state index contributed by atoms with van der Waals surface area (Å²) in [6.07, 6.45) is 2.94. The average Bonchev–Trinajstić information content (AvgIpc) is 2.46. The van der Waals surface area contributed by atoms with Crippen LogP contribution in [-0.2, 0) is 6.54 Å². The van der Waals surface area contributed by atoms with Crippen molar-refractivity contribution in [2.24, 2.45) is 0 Å². The molecule has 4 heteroatoms. The number of hydrogen-bond donors (Lipinski definition) is 1. The number of rotatable bonds is 7. The van der Waals surface area contributed by atoms with Crippen LogP contribution in [0.5, 0.6) is 11.5 Å². The van der Waals surface area contributed by atoms with Gasteiger partial charge in [0.05, 0.1) is 14.2 Å². The quantitative estimate of drug-likeness (QED) is 0.472. The summed E-state index contributed by atoms with van der Waals surface area (Å²) in [6, 6.07) is 4.05. The van der Waals surface area contributed by atoms with Crippen LogP contribution in [0, 0.1) is 11.8 Å². The van der Waals surface area contributed by atoms with Crippen LogP contribution in [0.1, 0.15) is 18.9 Å². The molecule has 0 saturated carbocycles. The highest BCUT2D eigenvalue weighted by Crippen LogP contribution is 2.34. The van der Waals surface area contributed by atoms with Gasteiger partial charge in [-0.15, -0.1) is 23.6 Å². The molecule has 0 fully saturated rings. The first-order chi connectivity index (χ1) is 9.26. The van der Waals surface area contributed by atoms with Crippen molar-refractivity contribution in [2.45, 2.75) is 24.8 Å². The van der Waals surface area contributed by atoms with Crippen molar-refractivity contribution in [3.8, 4) is 23.3 Å². The predicted octanol–water partition coefficient (Wildman–Crippen LogP) is 2.93. The van der Waals surface area contributed by atoms with E-state index in [1.807, 2.05) is 19.1 Å². The van der Waals surface area contributed by atoms with Crippen LogP contribution in [0.4, 0.5) is 0 Å². The molecule has 0 saturated heterocycles. The van der Waals surface area contributed by atoms with Crippen LogP contribution in [0.2, 0.25) is 0 Å². The van der Waals surface area contributed by atoms with E-state index in [-0.39, 0.29) is 0 Å². The van der Waals surface area contributed by atoms with Gasteiger partial charge in [-0.2, -0.15) is 0 Å². The molecule has 19 heavy (non-hydrogen) atoms. The molecule has 0 amide bonds. The Morgan fingerprint density at radius 2 is 1.89 bits per heavy atom. The maximum absolute atomic E-state index is 5.34. The van der Waals surface area contributed by atoms with Crippen molar-refractivity contribution in [1.29, 1.82) is 0 Å². The first kappa shape index (κ1) is 15.7. The molecule has 3 nitrogen and oxygen atoms in total. The zero-order valence-corrected chi connectivity index (χ0v) is 12.8. The highest BCUT2D eigenvalue weighted by molar-refractivity contribution is 7.98. The van der Waals surface area contributed by atoms with Crippen LogP contribution in [0.3, 0.4) is 0 Å². The Labute approximate surface area is 120 Å². The fraction of sp³-hybridized carbons (Fsp3) is 0.467. The lowest BCUT2D eigenvalue weighted by Crippen LogP contribution is -2.15. The second kappa shape index (κ2) is 8.73. The first-order valence-electron chi connectivity index (χ1n) is 6.16. The van der Waals surface area contributed by atoms with Gasteiger partial charge in [-0.1, -0.05) is 0 Å². The number of methoxy groups -OCH3 is 2. The summed E-state index contributed by atoms with van der Waals surface area (Å²) >= 11 is 1.71. The smallest absolute Gasteiger partial charge is 0.161 e. The molecule has 104 valence electrons. The summed E-state index contributed by atoms with van der Waals surface area (Å²) in [5, 5.41) is 3.39. The molecule has 0 aliphatic carbocycles. The Morgan fingerprint density at radius 3 is 2.47 bits per heavy atom. The van der Waals surface area contributed by atoms with E-state index in [1.54, 1.807) is 26.0 Å². The molecule has 0 radical (unpaired) electrons. The van der Waals surface area contributed by atoms with Crippen molar-refractivity contribution >= 4 is 11.8 Å². The van der Waals surface area contributed by atoms with E-state index >= 15 is 0 Å². The highest BCUT2D eigenvalue weighted by atomic mass is 32.2. The predicted molar refractivity (Wildman–Crippen MR) is 81.1 cm³/mol. The molecule has 0 atom stereocenters. The van der Waals surface area contributed by atoms with Crippen LogP contribution < -0.4 is 14.8 Å². The molecule has 0 bridgehead atoms. The highest BCUT2D eigenvalue weighted by Gasteiger charge is 2.10. The molecule has 0 aromatic heterocycles. The molecule has 0 unspecified atom stereocenters. The van der Waals surface area contributed by atoms with Crippen molar-refractivity contribution in [3.05, 3.63) is 17.7 Å². The van der Waals surface area contributed by atoms with Gasteiger partial charge in [-0.25, -0.2) is 0 Å². The SMILES string of the molecule is CC#CCCNCc1cc(OC)c(OC)cc1SC. The zero-order chi connectivity index (χ0) is 14.1. The minimum atomic E-state index is 0.769. The van der Waals surface area contributed by atoms with Crippen molar-refractivity contribution in [1.82, 2.24) is 5.32 Å². The number of nitrogens with one attached hydrogen (secondary N) is 1. The first-order valence-corrected chi connectivity index (χ1v) is 7.38. The minimum Gasteiger partial charge on any atom is -0.493 e. The normalized spacial score (nSPS) is 9.68. The monoisotopic (exact) mass is 279 g/mol. The average molecular weight is 279 g/mol. The lowest BCUT2D eigenvalue weighted by molar-refractivity contribution is 0.353. The van der Waals surface area contributed by atoms with E-state index in [4.69, 9.17) is 9.47 Å². The second-order valence-electron chi connectivity index (χ2n) is 3.87. The van der Waals surface area contributed by atoms with Gasteiger partial charge in [0.15, 0.2) is 11.5 Å². The molecule has 1 rings (SSSR count). The molecule has 0 aliphatic heterocycles. The zero-order valence-electron chi connectivity index (χ0n) is 12.0.